The van der Waals surface area contributed by atoms with Gasteiger partial charge in [-0.3, -0.25) is 0 Å². The third kappa shape index (κ3) is 978. The van der Waals surface area contributed by atoms with E-state index in [9.17, 15) is 0 Å². The second-order valence-electron chi connectivity index (χ2n) is 0. The van der Waals surface area contributed by atoms with Crippen LogP contribution in [-0.2, 0) is 0 Å². The van der Waals surface area contributed by atoms with Crippen LogP contribution < -0.4 is 0 Å². The van der Waals surface area contributed by atoms with Gasteiger partial charge in [-0.1, -0.05) is 0 Å². The van der Waals surface area contributed by atoms with Gasteiger partial charge in [-0.25, -0.2) is 0 Å². The average molecular weight is 3630 g/mol. The van der Waals surface area contributed by atoms with E-state index in [0.717, 1.165) is 0 Å². The van der Waals surface area contributed by atoms with Crippen LogP contribution in [0.1, 0.15) is 0 Å². The van der Waals surface area contributed by atoms with Crippen molar-refractivity contribution in [1.82, 2.24) is 0 Å². The summed E-state index contributed by atoms with van der Waals surface area (Å²) in [6.07, 6.45) is 0. The molecule has 96 heteroatoms. The maximum absolute atomic E-state index is 0. The summed E-state index contributed by atoms with van der Waals surface area (Å²) in [5.41, 5.74) is 0. The Labute approximate surface area is 2010 Å². The topological polar surface area (TPSA) is 0 Å². The molecule has 0 aromatic rings. The molecule has 0 heterocycles. The summed E-state index contributed by atoms with van der Waals surface area (Å²) < 4.78 is 0. The Morgan fingerprint density at radius 3 is 0.0208 bits per heavy atom. The van der Waals surface area contributed by atoms with Gasteiger partial charge in [-0.05, 0) is 0 Å². The monoisotopic (exact) mass is 3590 g/mol. The first kappa shape index (κ1) is 1020. The van der Waals surface area contributed by atoms with Gasteiger partial charge < -0.3 is 0 Å². The van der Waals surface area contributed by atoms with Gasteiger partial charge in [0.2, 0.25) is 0 Å². The normalized spacial score (nSPS) is 0. The van der Waals surface area contributed by atoms with Crippen LogP contribution in [0.15, 0.2) is 0 Å². The Kier molecular flexibility index (Phi) is 10600. The van der Waals surface area contributed by atoms with Gasteiger partial charge >= 0.3 is 1320 Å². The molecule has 0 aliphatic rings. The van der Waals surface area contributed by atoms with E-state index in [1.54, 1.807) is 0 Å². The van der Waals surface area contributed by atoms with Crippen LogP contribution in [0.25, 0.3) is 0 Å². The molecule has 0 radical (unpaired) electrons. The van der Waals surface area contributed by atoms with E-state index in [1.807, 2.05) is 0 Å². The third-order valence-electron chi connectivity index (χ3n) is 0. The Balaban J connectivity index is 0. The fraction of sp³-hybridized carbons (Fsp3) is 0. The molecule has 0 atom stereocenters. The number of hydrogen-bond acceptors (Lipinski definition) is 0. The molecule has 0 fully saturated rings. The second-order valence-corrected chi connectivity index (χ2v) is 0. The smallest absolute Gasteiger partial charge is 0.147 e. The molecule has 0 unspecified atom stereocenters. The fourth-order valence-electron chi connectivity index (χ4n) is 0. The molecule has 0 N–H and O–H groups in total. The summed E-state index contributed by atoms with van der Waals surface area (Å²) >= 11 is 0. The van der Waals surface area contributed by atoms with Crippen LogP contribution in [0.4, 0.5) is 0 Å². The van der Waals surface area contributed by atoms with E-state index in [1.165, 1.54) is 0 Å². The van der Waals surface area contributed by atoms with E-state index in [-0.39, 0.29) is 2080 Å². The van der Waals surface area contributed by atoms with Gasteiger partial charge in [0.1, 0.15) is 0 Å². The zero-order chi connectivity index (χ0) is 0. The third-order valence-corrected chi connectivity index (χ3v) is 0. The maximum Gasteiger partial charge on any atom is 2.00 e. The van der Waals surface area contributed by atoms with Crippen LogP contribution in [0.3, 0.4) is 0 Å². The predicted octanol–water partition coefficient (Wildman–Crippen LogP) is 12.4. The number of rotatable bonds is 0. The molecule has 0 aromatic carbocycles. The van der Waals surface area contributed by atoms with Crippen molar-refractivity contribution in [3.63, 3.8) is 0 Å². The molecule has 488 valence electrons. The first-order valence-corrected chi connectivity index (χ1v) is 0. The summed E-state index contributed by atoms with van der Waals surface area (Å²) in [6, 6.07) is 0. The Bertz CT molecular complexity index is 90.9. The molecule has 0 bridgehead atoms. The van der Waals surface area contributed by atoms with Crippen LogP contribution >= 0.6 is 757 Å². The van der Waals surface area contributed by atoms with E-state index < -0.39 is 0 Å². The minimum atomic E-state index is 0. The van der Waals surface area contributed by atoms with Crippen molar-refractivity contribution in [3.8, 4) is 0 Å². The molecule has 0 spiro atoms. The van der Waals surface area contributed by atoms with Gasteiger partial charge in [-0.15, -0.1) is 757 Å². The molecule has 0 saturated heterocycles. The Morgan fingerprint density at radius 2 is 0.0208 bits per heavy atom. The van der Waals surface area contributed by atoms with Gasteiger partial charge in [-0.2, -0.15) is 0 Å². The summed E-state index contributed by atoms with van der Waals surface area (Å²) in [5, 5.41) is 0. The van der Waals surface area contributed by atoms with Gasteiger partial charge in [0.05, 0.1) is 0 Å². The molecule has 0 nitrogen and oxygen atoms in total. The summed E-state index contributed by atoms with van der Waals surface area (Å²) in [7, 11) is 0. The van der Waals surface area contributed by atoms with Crippen molar-refractivity contribution in [1.29, 1.82) is 0 Å². The van der Waals surface area contributed by atoms with Crippen molar-refractivity contribution >= 4 is 2080 Å². The maximum atomic E-state index is 0. The van der Waals surface area contributed by atoms with Crippen molar-refractivity contribution in [2.75, 3.05) is 0 Å². The summed E-state index contributed by atoms with van der Waals surface area (Å²) in [6.45, 7) is 0. The van der Waals surface area contributed by atoms with E-state index in [4.69, 9.17) is 0 Å². The van der Waals surface area contributed by atoms with E-state index >= 15 is 0 Å². The minimum absolute atomic E-state index is 0. The SMILES string of the molecule is Cl.Cl.Cl.Cl.Cl.Cl.Cl.Cl.Cl.Cl.Cl.Cl.Cl.Cl.Cl.Cl.Cl.Cl.Cl.Cl.Cl.Cl.Cl.Cl.Cl.Cl.Cl.Cl.Cl.Cl.Cl.Cl.Cl.Cl.Cl.Cl.Cl.Cl.Cl.Cl.Cl.Cl.Cl.Cl.Cl.Cl.Cl.Cl.Cl.Cl.Cl.Cl.Cl.Cl.Cl.Cl.Cl.Cl.Cl.Cl.Cl.[Ca+2].[Ca+2].[Ca+2].[Ca+2].[Ca+2].[Ca+2].[Ca+2].[Ca+2].[Ca+2].[Ca+2].[Ca+2].[Ca+2].[Ca+2].[Ca+2].[Ca+2].[Ca+2].[Ca+2].[Ca+2].[Ca+2].[Ca+2].[Ca+2].[Ca+2].[Ca+2].[Ca+2].[Ca+2].[Ca+2].[Ca+2].[Ca+2].[Ca+2].[Ca+2].[Ca+2].[Ca+2].[Ca+2].[Ca+2].[Ca+2]. The summed E-state index contributed by atoms with van der Waals surface area (Å²) in [5.74, 6) is 0. The zero-order valence-corrected chi connectivity index (χ0v) is 177. The van der Waals surface area contributed by atoms with Crippen molar-refractivity contribution in [2.45, 2.75) is 0 Å². The fourth-order valence-corrected chi connectivity index (χ4v) is 0. The van der Waals surface area contributed by atoms with Crippen LogP contribution in [0.2, 0.25) is 0 Å². The molecule has 0 amide bonds. The van der Waals surface area contributed by atoms with Crippen LogP contribution in [0.5, 0.6) is 0 Å². The second kappa shape index (κ2) is 997. The minimum Gasteiger partial charge on any atom is -0.147 e. The average Bonchev–Trinajstić information content (AvgIpc) is 0. The molecule has 0 saturated carbocycles. The standard InChI is InChI=1S/35Ca.61ClH/h;;;;;;;;;;;;;;;;;;;;;;;;;;;;;;;;;;;61*1H/q35*+2;;;;;;;;;;;;;;;;;;;;;;;;;;;;;;;;;;;;;;;;;;;;;;;;;;;;;;;;;;;;;. The molecule has 0 aromatic heterocycles. The zero-order valence-electron chi connectivity index (χ0n) is 49.7. The Hall–Kier alpha value is 61.8. The first-order valence-electron chi connectivity index (χ1n) is 0. The van der Waals surface area contributed by atoms with Gasteiger partial charge in [0, 0.05) is 0 Å². The first-order chi connectivity index (χ1) is 0. The van der Waals surface area contributed by atoms with Gasteiger partial charge in [0.25, 0.3) is 0 Å². The van der Waals surface area contributed by atoms with Crippen LogP contribution in [0, 0.1) is 0 Å². The number of halogens is 61. The largest absolute Gasteiger partial charge is 2.00 e. The predicted molar refractivity (Wildman–Crippen MR) is 644 cm³/mol. The van der Waals surface area contributed by atoms with Crippen LogP contribution in [-0.4, -0.2) is 1320 Å². The molecule has 0 aliphatic carbocycles. The molecular weight excluding hydrogens is 3570 g/mol. The summed E-state index contributed by atoms with van der Waals surface area (Å²) in [4.78, 5) is 0. The Morgan fingerprint density at radius 1 is 0.0208 bits per heavy atom. The number of hydrogen-bond donors (Lipinski definition) is 0. The van der Waals surface area contributed by atoms with Gasteiger partial charge in [0.15, 0.2) is 0 Å². The van der Waals surface area contributed by atoms with Crippen molar-refractivity contribution in [3.05, 3.63) is 0 Å². The quantitative estimate of drug-likeness (QED) is 0.212. The molecule has 0 aliphatic heterocycles. The van der Waals surface area contributed by atoms with E-state index in [0.29, 0.717) is 0 Å². The molecule has 0 rings (SSSR count). The van der Waals surface area contributed by atoms with E-state index in [2.05, 4.69) is 0 Å². The van der Waals surface area contributed by atoms with Crippen molar-refractivity contribution < 1.29 is 0 Å². The molecular formula is H61Ca35Cl61+70. The van der Waals surface area contributed by atoms with Crippen molar-refractivity contribution in [2.24, 2.45) is 0 Å². The molecule has 96 heavy (non-hydrogen) atoms.